The van der Waals surface area contributed by atoms with Crippen molar-refractivity contribution in [3.63, 3.8) is 0 Å². The average molecular weight is 380 g/mol. The smallest absolute Gasteiger partial charge is 0.223 e. The van der Waals surface area contributed by atoms with E-state index in [1.807, 2.05) is 35.2 Å². The van der Waals surface area contributed by atoms with Crippen LogP contribution in [-0.4, -0.2) is 49.6 Å². The second-order valence-electron chi connectivity index (χ2n) is 7.86. The lowest BCUT2D eigenvalue weighted by Crippen LogP contribution is -2.43. The first-order chi connectivity index (χ1) is 13.7. The van der Waals surface area contributed by atoms with Crippen LogP contribution in [0.25, 0.3) is 0 Å². The number of hydrogen-bond acceptors (Lipinski definition) is 4. The van der Waals surface area contributed by atoms with Gasteiger partial charge in [-0.25, -0.2) is 0 Å². The minimum absolute atomic E-state index is 0.286. The summed E-state index contributed by atoms with van der Waals surface area (Å²) in [5.74, 6) is 2.96. The van der Waals surface area contributed by atoms with Crippen LogP contribution in [0.15, 0.2) is 48.5 Å². The zero-order valence-corrected chi connectivity index (χ0v) is 16.6. The Kier molecular flexibility index (Phi) is 5.53. The summed E-state index contributed by atoms with van der Waals surface area (Å²) in [5.41, 5.74) is 2.36. The number of carbonyl (C=O) groups is 1. The summed E-state index contributed by atoms with van der Waals surface area (Å²) in [5, 5.41) is 0. The molecule has 0 bridgehead atoms. The van der Waals surface area contributed by atoms with Gasteiger partial charge in [0.05, 0.1) is 14.2 Å². The Morgan fingerprint density at radius 2 is 1.71 bits per heavy atom. The number of ether oxygens (including phenoxy) is 2. The molecule has 4 rings (SSSR count). The number of piperidine rings is 1. The van der Waals surface area contributed by atoms with Gasteiger partial charge in [-0.1, -0.05) is 36.4 Å². The Labute approximate surface area is 166 Å². The van der Waals surface area contributed by atoms with E-state index in [-0.39, 0.29) is 5.91 Å². The molecule has 0 aliphatic carbocycles. The lowest BCUT2D eigenvalue weighted by atomic mass is 9.88. The van der Waals surface area contributed by atoms with Crippen molar-refractivity contribution in [2.75, 3.05) is 33.9 Å². The molecule has 5 heteroatoms. The standard InChI is InChI=1S/C23H28N2O3/c1-27-21-9-8-18(22(11-21)28-2)13-24-14-19-10-23(26)25(16-20(19)15-24)12-17-6-4-3-5-7-17/h3-9,11,19-20H,10,12-16H2,1-2H3/t19-,20-/m0/s1. The van der Waals surface area contributed by atoms with Crippen molar-refractivity contribution in [3.05, 3.63) is 59.7 Å². The first kappa shape index (κ1) is 18.8. The maximum atomic E-state index is 12.7. The van der Waals surface area contributed by atoms with Gasteiger partial charge in [0.2, 0.25) is 5.91 Å². The summed E-state index contributed by atoms with van der Waals surface area (Å²) >= 11 is 0. The number of methoxy groups -OCH3 is 2. The van der Waals surface area contributed by atoms with E-state index in [4.69, 9.17) is 9.47 Å². The summed E-state index contributed by atoms with van der Waals surface area (Å²) in [4.78, 5) is 17.1. The minimum Gasteiger partial charge on any atom is -0.497 e. The van der Waals surface area contributed by atoms with Gasteiger partial charge < -0.3 is 14.4 Å². The van der Waals surface area contributed by atoms with Crippen LogP contribution in [0.3, 0.4) is 0 Å². The fourth-order valence-corrected chi connectivity index (χ4v) is 4.52. The Hall–Kier alpha value is -2.53. The number of amides is 1. The molecular formula is C23H28N2O3. The van der Waals surface area contributed by atoms with Crippen LogP contribution in [0.1, 0.15) is 17.5 Å². The summed E-state index contributed by atoms with van der Waals surface area (Å²) in [6, 6.07) is 16.3. The summed E-state index contributed by atoms with van der Waals surface area (Å²) in [6.45, 7) is 4.42. The van der Waals surface area contributed by atoms with Gasteiger partial charge in [-0.15, -0.1) is 0 Å². The Morgan fingerprint density at radius 3 is 2.46 bits per heavy atom. The van der Waals surface area contributed by atoms with Gasteiger partial charge >= 0.3 is 0 Å². The third kappa shape index (κ3) is 3.99. The molecular weight excluding hydrogens is 352 g/mol. The van der Waals surface area contributed by atoms with Crippen LogP contribution >= 0.6 is 0 Å². The normalized spacial score (nSPS) is 22.2. The number of nitrogens with zero attached hydrogens (tertiary/aromatic N) is 2. The van der Waals surface area contributed by atoms with Crippen molar-refractivity contribution >= 4 is 5.91 Å². The van der Waals surface area contributed by atoms with Crippen LogP contribution in [0, 0.1) is 11.8 Å². The number of hydrogen-bond donors (Lipinski definition) is 0. The molecule has 2 aliphatic heterocycles. The Balaban J connectivity index is 1.40. The van der Waals surface area contributed by atoms with Crippen molar-refractivity contribution in [1.82, 2.24) is 9.80 Å². The van der Waals surface area contributed by atoms with Crippen molar-refractivity contribution in [2.45, 2.75) is 19.5 Å². The molecule has 0 saturated carbocycles. The predicted molar refractivity (Wildman–Crippen MR) is 108 cm³/mol. The van der Waals surface area contributed by atoms with Crippen LogP contribution in [-0.2, 0) is 17.9 Å². The summed E-state index contributed by atoms with van der Waals surface area (Å²) in [6.07, 6.45) is 0.660. The quantitative estimate of drug-likeness (QED) is 0.772. The minimum atomic E-state index is 0.286. The molecule has 1 amide bonds. The highest BCUT2D eigenvalue weighted by Crippen LogP contribution is 2.34. The number of benzene rings is 2. The highest BCUT2D eigenvalue weighted by Gasteiger charge is 2.40. The van der Waals surface area contributed by atoms with Gasteiger partial charge in [0.15, 0.2) is 0 Å². The molecule has 2 atom stereocenters. The molecule has 0 unspecified atom stereocenters. The molecule has 0 aromatic heterocycles. The van der Waals surface area contributed by atoms with E-state index in [2.05, 4.69) is 23.1 Å². The van der Waals surface area contributed by atoms with Crippen LogP contribution in [0.4, 0.5) is 0 Å². The second kappa shape index (κ2) is 8.23. The van der Waals surface area contributed by atoms with Gasteiger partial charge in [-0.05, 0) is 23.5 Å². The van der Waals surface area contributed by atoms with Gasteiger partial charge in [0.25, 0.3) is 0 Å². The molecule has 0 N–H and O–H groups in total. The number of carbonyl (C=O) groups excluding carboxylic acids is 1. The topological polar surface area (TPSA) is 42.0 Å². The van der Waals surface area contributed by atoms with Crippen molar-refractivity contribution in [1.29, 1.82) is 0 Å². The lowest BCUT2D eigenvalue weighted by molar-refractivity contribution is -0.136. The number of likely N-dealkylation sites (tertiary alicyclic amines) is 2. The van der Waals surface area contributed by atoms with E-state index >= 15 is 0 Å². The zero-order valence-electron chi connectivity index (χ0n) is 16.6. The monoisotopic (exact) mass is 380 g/mol. The predicted octanol–water partition coefficient (Wildman–Crippen LogP) is 3.18. The molecule has 2 fully saturated rings. The number of fused-ring (bicyclic) bond motifs is 1. The maximum Gasteiger partial charge on any atom is 0.223 e. The van der Waals surface area contributed by atoms with Gasteiger partial charge in [0.1, 0.15) is 11.5 Å². The SMILES string of the molecule is COc1ccc(CN2C[C@@H]3CC(=O)N(Cc4ccccc4)C[C@@H]3C2)c(OC)c1. The van der Waals surface area contributed by atoms with Crippen LogP contribution < -0.4 is 9.47 Å². The van der Waals surface area contributed by atoms with E-state index in [9.17, 15) is 4.79 Å². The number of rotatable bonds is 6. The molecule has 2 saturated heterocycles. The fourth-order valence-electron chi connectivity index (χ4n) is 4.52. The first-order valence-corrected chi connectivity index (χ1v) is 9.91. The molecule has 148 valence electrons. The fraction of sp³-hybridized carbons (Fsp3) is 0.435. The van der Waals surface area contributed by atoms with E-state index in [1.54, 1.807) is 14.2 Å². The van der Waals surface area contributed by atoms with Crippen LogP contribution in [0.5, 0.6) is 11.5 Å². The van der Waals surface area contributed by atoms with E-state index in [0.29, 0.717) is 18.3 Å². The molecule has 5 nitrogen and oxygen atoms in total. The molecule has 2 aliphatic rings. The van der Waals surface area contributed by atoms with Gasteiger partial charge in [0, 0.05) is 50.8 Å². The molecule has 0 spiro atoms. The summed E-state index contributed by atoms with van der Waals surface area (Å²) in [7, 11) is 3.36. The van der Waals surface area contributed by atoms with Crippen molar-refractivity contribution < 1.29 is 14.3 Å². The maximum absolute atomic E-state index is 12.7. The van der Waals surface area contributed by atoms with Gasteiger partial charge in [-0.3, -0.25) is 9.69 Å². The lowest BCUT2D eigenvalue weighted by Gasteiger charge is -2.34. The first-order valence-electron chi connectivity index (χ1n) is 9.91. The molecule has 2 aromatic rings. The van der Waals surface area contributed by atoms with Crippen LogP contribution in [0.2, 0.25) is 0 Å². The molecule has 0 radical (unpaired) electrons. The average Bonchev–Trinajstić information content (AvgIpc) is 3.10. The Bertz CT molecular complexity index is 824. The van der Waals surface area contributed by atoms with Gasteiger partial charge in [-0.2, -0.15) is 0 Å². The second-order valence-corrected chi connectivity index (χ2v) is 7.86. The zero-order chi connectivity index (χ0) is 19.5. The largest absolute Gasteiger partial charge is 0.497 e. The van der Waals surface area contributed by atoms with E-state index in [1.165, 1.54) is 5.56 Å². The molecule has 28 heavy (non-hydrogen) atoms. The van der Waals surface area contributed by atoms with E-state index < -0.39 is 0 Å². The highest BCUT2D eigenvalue weighted by atomic mass is 16.5. The molecule has 2 aromatic carbocycles. The van der Waals surface area contributed by atoms with Crippen molar-refractivity contribution in [3.8, 4) is 11.5 Å². The third-order valence-corrected chi connectivity index (χ3v) is 6.00. The third-order valence-electron chi connectivity index (χ3n) is 6.00. The highest BCUT2D eigenvalue weighted by molar-refractivity contribution is 5.77. The molecule has 2 heterocycles. The van der Waals surface area contributed by atoms with E-state index in [0.717, 1.165) is 49.8 Å². The summed E-state index contributed by atoms with van der Waals surface area (Å²) < 4.78 is 10.8. The van der Waals surface area contributed by atoms with Crippen molar-refractivity contribution in [2.24, 2.45) is 11.8 Å². The Morgan fingerprint density at radius 1 is 0.929 bits per heavy atom.